The van der Waals surface area contributed by atoms with Crippen molar-refractivity contribution < 1.29 is 5.11 Å². The SMILES string of the molecule is CC(C)NCCC(C)(O)c1ccccc1Cl. The second kappa shape index (κ2) is 5.67. The minimum atomic E-state index is -0.875. The molecule has 1 atom stereocenters. The Kier molecular flexibility index (Phi) is 4.78. The largest absolute Gasteiger partial charge is 0.385 e. The summed E-state index contributed by atoms with van der Waals surface area (Å²) in [4.78, 5) is 0. The highest BCUT2D eigenvalue weighted by atomic mass is 35.5. The van der Waals surface area contributed by atoms with E-state index in [9.17, 15) is 5.11 Å². The zero-order chi connectivity index (χ0) is 12.2. The lowest BCUT2D eigenvalue weighted by atomic mass is 9.92. The van der Waals surface area contributed by atoms with Crippen LogP contribution < -0.4 is 5.32 Å². The number of aliphatic hydroxyl groups is 1. The highest BCUT2D eigenvalue weighted by Gasteiger charge is 2.24. The summed E-state index contributed by atoms with van der Waals surface area (Å²) in [5.74, 6) is 0. The van der Waals surface area contributed by atoms with Crippen LogP contribution in [-0.4, -0.2) is 17.7 Å². The third kappa shape index (κ3) is 3.78. The van der Waals surface area contributed by atoms with Crippen molar-refractivity contribution in [1.29, 1.82) is 0 Å². The molecule has 1 unspecified atom stereocenters. The molecule has 2 nitrogen and oxygen atoms in total. The van der Waals surface area contributed by atoms with Crippen LogP contribution in [0, 0.1) is 0 Å². The molecule has 0 aliphatic rings. The van der Waals surface area contributed by atoms with E-state index in [1.165, 1.54) is 0 Å². The summed E-state index contributed by atoms with van der Waals surface area (Å²) in [6, 6.07) is 7.88. The van der Waals surface area contributed by atoms with E-state index in [1.807, 2.05) is 18.2 Å². The molecule has 0 saturated heterocycles. The van der Waals surface area contributed by atoms with E-state index in [1.54, 1.807) is 13.0 Å². The van der Waals surface area contributed by atoms with Crippen LogP contribution in [0.5, 0.6) is 0 Å². The van der Waals surface area contributed by atoms with E-state index in [0.29, 0.717) is 17.5 Å². The maximum absolute atomic E-state index is 10.4. The molecular formula is C13H20ClNO. The predicted octanol–water partition coefficient (Wildman–Crippen LogP) is 2.94. The van der Waals surface area contributed by atoms with Crippen molar-refractivity contribution in [3.05, 3.63) is 34.9 Å². The Balaban J connectivity index is 2.66. The molecule has 0 bridgehead atoms. The van der Waals surface area contributed by atoms with E-state index < -0.39 is 5.60 Å². The molecule has 2 N–H and O–H groups in total. The molecule has 0 fully saturated rings. The molecule has 90 valence electrons. The van der Waals surface area contributed by atoms with Crippen LogP contribution in [0.1, 0.15) is 32.8 Å². The molecule has 1 aromatic rings. The first-order valence-electron chi connectivity index (χ1n) is 5.64. The smallest absolute Gasteiger partial charge is 0.0895 e. The van der Waals surface area contributed by atoms with Gasteiger partial charge in [0.1, 0.15) is 0 Å². The Labute approximate surface area is 103 Å². The summed E-state index contributed by atoms with van der Waals surface area (Å²) in [6.45, 7) is 6.75. The molecule has 0 heterocycles. The third-order valence-corrected chi connectivity index (χ3v) is 2.95. The molecule has 0 radical (unpaired) electrons. The molecular weight excluding hydrogens is 222 g/mol. The summed E-state index contributed by atoms with van der Waals surface area (Å²) in [5.41, 5.74) is -0.0810. The lowest BCUT2D eigenvalue weighted by molar-refractivity contribution is 0.0476. The van der Waals surface area contributed by atoms with Crippen LogP contribution in [0.15, 0.2) is 24.3 Å². The summed E-state index contributed by atoms with van der Waals surface area (Å²) in [5, 5.41) is 14.3. The highest BCUT2D eigenvalue weighted by Crippen LogP contribution is 2.30. The Bertz CT molecular complexity index is 336. The molecule has 0 aliphatic heterocycles. The van der Waals surface area contributed by atoms with Gasteiger partial charge in [-0.25, -0.2) is 0 Å². The molecule has 1 rings (SSSR count). The zero-order valence-electron chi connectivity index (χ0n) is 10.1. The first kappa shape index (κ1) is 13.5. The monoisotopic (exact) mass is 241 g/mol. The molecule has 1 aromatic carbocycles. The first-order valence-corrected chi connectivity index (χ1v) is 6.02. The lowest BCUT2D eigenvalue weighted by Gasteiger charge is -2.25. The van der Waals surface area contributed by atoms with Crippen LogP contribution in [0.2, 0.25) is 5.02 Å². The van der Waals surface area contributed by atoms with Gasteiger partial charge in [0.15, 0.2) is 0 Å². The Morgan fingerprint density at radius 3 is 2.56 bits per heavy atom. The van der Waals surface area contributed by atoms with E-state index in [-0.39, 0.29) is 0 Å². The Morgan fingerprint density at radius 1 is 1.38 bits per heavy atom. The normalized spacial score (nSPS) is 15.1. The van der Waals surface area contributed by atoms with Gasteiger partial charge < -0.3 is 10.4 Å². The topological polar surface area (TPSA) is 32.3 Å². The van der Waals surface area contributed by atoms with Crippen molar-refractivity contribution in [1.82, 2.24) is 5.32 Å². The van der Waals surface area contributed by atoms with Gasteiger partial charge in [0.25, 0.3) is 0 Å². The summed E-state index contributed by atoms with van der Waals surface area (Å²) >= 11 is 6.07. The van der Waals surface area contributed by atoms with Crippen molar-refractivity contribution in [2.24, 2.45) is 0 Å². The van der Waals surface area contributed by atoms with Gasteiger partial charge in [0.2, 0.25) is 0 Å². The zero-order valence-corrected chi connectivity index (χ0v) is 10.9. The molecule has 0 saturated carbocycles. The van der Waals surface area contributed by atoms with Gasteiger partial charge in [0, 0.05) is 16.6 Å². The van der Waals surface area contributed by atoms with Crippen LogP contribution in [-0.2, 0) is 5.60 Å². The Morgan fingerprint density at radius 2 is 2.00 bits per heavy atom. The first-order chi connectivity index (χ1) is 7.43. The fraction of sp³-hybridized carbons (Fsp3) is 0.538. The van der Waals surface area contributed by atoms with Crippen LogP contribution in [0.3, 0.4) is 0 Å². The highest BCUT2D eigenvalue weighted by molar-refractivity contribution is 6.31. The lowest BCUT2D eigenvalue weighted by Crippen LogP contribution is -2.31. The molecule has 0 amide bonds. The minimum Gasteiger partial charge on any atom is -0.385 e. The number of rotatable bonds is 5. The second-order valence-corrected chi connectivity index (χ2v) is 5.02. The van der Waals surface area contributed by atoms with Crippen molar-refractivity contribution in [2.45, 2.75) is 38.8 Å². The third-order valence-electron chi connectivity index (χ3n) is 2.62. The van der Waals surface area contributed by atoms with Gasteiger partial charge >= 0.3 is 0 Å². The predicted molar refractivity (Wildman–Crippen MR) is 68.8 cm³/mol. The summed E-state index contributed by atoms with van der Waals surface area (Å²) in [7, 11) is 0. The van der Waals surface area contributed by atoms with E-state index in [4.69, 9.17) is 11.6 Å². The number of benzene rings is 1. The van der Waals surface area contributed by atoms with Gasteiger partial charge in [-0.2, -0.15) is 0 Å². The average molecular weight is 242 g/mol. The molecule has 16 heavy (non-hydrogen) atoms. The standard InChI is InChI=1S/C13H20ClNO/c1-10(2)15-9-8-13(3,16)11-6-4-5-7-12(11)14/h4-7,10,15-16H,8-9H2,1-3H3. The van der Waals surface area contributed by atoms with Crippen LogP contribution in [0.25, 0.3) is 0 Å². The van der Waals surface area contributed by atoms with Gasteiger partial charge in [0.05, 0.1) is 5.60 Å². The fourth-order valence-electron chi connectivity index (χ4n) is 1.64. The molecule has 0 aliphatic carbocycles. The number of nitrogens with one attached hydrogen (secondary N) is 1. The fourth-order valence-corrected chi connectivity index (χ4v) is 1.98. The molecule has 3 heteroatoms. The van der Waals surface area contributed by atoms with Crippen LogP contribution >= 0.6 is 11.6 Å². The van der Waals surface area contributed by atoms with Gasteiger partial charge in [-0.3, -0.25) is 0 Å². The summed E-state index contributed by atoms with van der Waals surface area (Å²) < 4.78 is 0. The maximum Gasteiger partial charge on any atom is 0.0895 e. The van der Waals surface area contributed by atoms with E-state index >= 15 is 0 Å². The second-order valence-electron chi connectivity index (χ2n) is 4.61. The van der Waals surface area contributed by atoms with Crippen LogP contribution in [0.4, 0.5) is 0 Å². The van der Waals surface area contributed by atoms with Crippen molar-refractivity contribution in [3.8, 4) is 0 Å². The summed E-state index contributed by atoms with van der Waals surface area (Å²) in [6.07, 6.45) is 0.648. The molecule has 0 spiro atoms. The average Bonchev–Trinajstić information content (AvgIpc) is 2.17. The van der Waals surface area contributed by atoms with Crippen molar-refractivity contribution >= 4 is 11.6 Å². The van der Waals surface area contributed by atoms with Gasteiger partial charge in [-0.15, -0.1) is 0 Å². The van der Waals surface area contributed by atoms with Gasteiger partial charge in [-0.05, 0) is 26.0 Å². The molecule has 0 aromatic heterocycles. The van der Waals surface area contributed by atoms with Crippen molar-refractivity contribution in [2.75, 3.05) is 6.54 Å². The quantitative estimate of drug-likeness (QED) is 0.831. The van der Waals surface area contributed by atoms with Gasteiger partial charge in [-0.1, -0.05) is 43.6 Å². The minimum absolute atomic E-state index is 0.432. The van der Waals surface area contributed by atoms with Crippen molar-refractivity contribution in [3.63, 3.8) is 0 Å². The van der Waals surface area contributed by atoms with E-state index in [0.717, 1.165) is 12.1 Å². The number of hydrogen-bond donors (Lipinski definition) is 2. The Hall–Kier alpha value is -0.570. The number of hydrogen-bond acceptors (Lipinski definition) is 2. The van der Waals surface area contributed by atoms with E-state index in [2.05, 4.69) is 19.2 Å². The number of halogens is 1. The maximum atomic E-state index is 10.4.